The third-order valence-corrected chi connectivity index (χ3v) is 5.64. The van der Waals surface area contributed by atoms with Gasteiger partial charge in [-0.25, -0.2) is 8.42 Å². The van der Waals surface area contributed by atoms with Crippen molar-refractivity contribution >= 4 is 16.1 Å². The normalized spacial score (nSPS) is 12.4. The van der Waals surface area contributed by atoms with Gasteiger partial charge in [-0.2, -0.15) is 0 Å². The number of rotatable bonds is 18. The summed E-state index contributed by atoms with van der Waals surface area (Å²) >= 11 is 0. The molecule has 0 aromatic carbocycles. The SMILES string of the molecule is CCCCCCCCCCCCCCCCC(OC(=O)CC)S(=O)(=O)[O-].[Na+]. The van der Waals surface area contributed by atoms with Crippen LogP contribution in [-0.4, -0.2) is 24.4 Å². The van der Waals surface area contributed by atoms with Crippen LogP contribution >= 0.6 is 0 Å². The zero-order valence-electron chi connectivity index (χ0n) is 17.8. The number of esters is 1. The van der Waals surface area contributed by atoms with E-state index in [0.29, 0.717) is 6.42 Å². The molecule has 0 aromatic rings. The number of ether oxygens (including phenoxy) is 1. The van der Waals surface area contributed by atoms with Gasteiger partial charge in [-0.1, -0.05) is 97.3 Å². The van der Waals surface area contributed by atoms with E-state index in [9.17, 15) is 17.8 Å². The van der Waals surface area contributed by atoms with Gasteiger partial charge in [0.25, 0.3) is 0 Å². The summed E-state index contributed by atoms with van der Waals surface area (Å²) in [5.41, 5.74) is -1.52. The van der Waals surface area contributed by atoms with E-state index < -0.39 is 21.5 Å². The van der Waals surface area contributed by atoms with E-state index in [-0.39, 0.29) is 42.4 Å². The summed E-state index contributed by atoms with van der Waals surface area (Å²) in [4.78, 5) is 11.2. The average molecular weight is 415 g/mol. The Balaban J connectivity index is 0. The van der Waals surface area contributed by atoms with E-state index in [1.54, 1.807) is 6.92 Å². The quantitative estimate of drug-likeness (QED) is 0.149. The number of carbonyl (C=O) groups is 1. The van der Waals surface area contributed by atoms with Gasteiger partial charge in [0.15, 0.2) is 5.44 Å². The number of hydrogen-bond donors (Lipinski definition) is 0. The van der Waals surface area contributed by atoms with Gasteiger partial charge in [-0.15, -0.1) is 0 Å². The maximum absolute atomic E-state index is 11.2. The molecule has 7 heteroatoms. The fraction of sp³-hybridized carbons (Fsp3) is 0.950. The van der Waals surface area contributed by atoms with Gasteiger partial charge in [0, 0.05) is 6.42 Å². The molecule has 0 bridgehead atoms. The molecule has 27 heavy (non-hydrogen) atoms. The predicted octanol–water partition coefficient (Wildman–Crippen LogP) is 2.69. The summed E-state index contributed by atoms with van der Waals surface area (Å²) in [5.74, 6) is -0.639. The minimum Gasteiger partial charge on any atom is -0.745 e. The van der Waals surface area contributed by atoms with Gasteiger partial charge >= 0.3 is 35.5 Å². The van der Waals surface area contributed by atoms with E-state index in [1.165, 1.54) is 64.2 Å². The molecule has 0 N–H and O–H groups in total. The van der Waals surface area contributed by atoms with Crippen LogP contribution in [0.25, 0.3) is 0 Å². The Bertz CT molecular complexity index is 440. The van der Waals surface area contributed by atoms with Crippen molar-refractivity contribution in [3.63, 3.8) is 0 Å². The van der Waals surface area contributed by atoms with E-state index in [1.807, 2.05) is 0 Å². The van der Waals surface area contributed by atoms with Crippen molar-refractivity contribution in [2.45, 2.75) is 122 Å². The molecule has 1 atom stereocenters. The number of carbonyl (C=O) groups excluding carboxylic acids is 1. The van der Waals surface area contributed by atoms with Crippen LogP contribution in [0.4, 0.5) is 0 Å². The second-order valence-electron chi connectivity index (χ2n) is 7.15. The Morgan fingerprint density at radius 1 is 0.778 bits per heavy atom. The van der Waals surface area contributed by atoms with E-state index >= 15 is 0 Å². The first-order valence-corrected chi connectivity index (χ1v) is 12.0. The van der Waals surface area contributed by atoms with Gasteiger partial charge in [0.2, 0.25) is 0 Å². The van der Waals surface area contributed by atoms with Crippen LogP contribution in [0.5, 0.6) is 0 Å². The zero-order chi connectivity index (χ0) is 19.7. The summed E-state index contributed by atoms with van der Waals surface area (Å²) < 4.78 is 38.1. The van der Waals surface area contributed by atoms with E-state index in [4.69, 9.17) is 4.74 Å². The summed E-state index contributed by atoms with van der Waals surface area (Å²) in [5, 5.41) is 0. The van der Waals surface area contributed by atoms with Crippen molar-refractivity contribution < 1.29 is 52.1 Å². The first kappa shape index (κ1) is 29.6. The summed E-state index contributed by atoms with van der Waals surface area (Å²) in [6, 6.07) is 0. The van der Waals surface area contributed by atoms with Crippen molar-refractivity contribution in [3.8, 4) is 0 Å². The molecular weight excluding hydrogens is 375 g/mol. The standard InChI is InChI=1S/C20H40O5S.Na/c1-3-5-6-7-8-9-10-11-12-13-14-15-16-17-18-20(26(22,23)24)25-19(21)4-2;/h20H,3-18H2,1-2H3,(H,22,23,24);/q;+1/p-1. The molecule has 0 aliphatic heterocycles. The summed E-state index contributed by atoms with van der Waals surface area (Å²) in [6.07, 6.45) is 17.1. The fourth-order valence-electron chi connectivity index (χ4n) is 3.00. The Kier molecular flexibility index (Phi) is 21.6. The van der Waals surface area contributed by atoms with Crippen molar-refractivity contribution in [2.75, 3.05) is 0 Å². The maximum Gasteiger partial charge on any atom is 1.00 e. The fourth-order valence-corrected chi connectivity index (χ4v) is 3.68. The minimum atomic E-state index is -4.58. The molecule has 0 aliphatic rings. The molecule has 1 unspecified atom stereocenters. The summed E-state index contributed by atoms with van der Waals surface area (Å²) in [7, 11) is -4.58. The molecule has 156 valence electrons. The second-order valence-corrected chi connectivity index (χ2v) is 8.66. The van der Waals surface area contributed by atoms with Gasteiger partial charge < -0.3 is 9.29 Å². The molecule has 0 radical (unpaired) electrons. The molecule has 0 fully saturated rings. The Morgan fingerprint density at radius 2 is 1.15 bits per heavy atom. The first-order chi connectivity index (χ1) is 12.4. The van der Waals surface area contributed by atoms with Crippen molar-refractivity contribution in [3.05, 3.63) is 0 Å². The molecule has 0 saturated heterocycles. The molecule has 0 rings (SSSR count). The number of unbranched alkanes of at least 4 members (excludes halogenated alkanes) is 13. The third-order valence-electron chi connectivity index (χ3n) is 4.67. The van der Waals surface area contributed by atoms with Crippen molar-refractivity contribution in [1.82, 2.24) is 0 Å². The third kappa shape index (κ3) is 19.5. The van der Waals surface area contributed by atoms with Crippen LogP contribution in [0, 0.1) is 0 Å². The molecule has 0 aromatic heterocycles. The molecule has 5 nitrogen and oxygen atoms in total. The maximum atomic E-state index is 11.2. The van der Waals surface area contributed by atoms with E-state index in [2.05, 4.69) is 6.92 Å². The number of hydrogen-bond acceptors (Lipinski definition) is 5. The average Bonchev–Trinajstić information content (AvgIpc) is 2.59. The van der Waals surface area contributed by atoms with Gasteiger partial charge in [-0.05, 0) is 12.8 Å². The van der Waals surface area contributed by atoms with E-state index in [0.717, 1.165) is 19.3 Å². The monoisotopic (exact) mass is 414 g/mol. The van der Waals surface area contributed by atoms with Crippen LogP contribution in [0.1, 0.15) is 117 Å². The van der Waals surface area contributed by atoms with Crippen LogP contribution in [0.3, 0.4) is 0 Å². The molecular formula is C20H39NaO5S. The Hall–Kier alpha value is 0.380. The zero-order valence-corrected chi connectivity index (χ0v) is 20.7. The van der Waals surface area contributed by atoms with Gasteiger partial charge in [0.05, 0.1) is 0 Å². The van der Waals surface area contributed by atoms with Gasteiger partial charge in [-0.3, -0.25) is 4.79 Å². The molecule has 0 amide bonds. The Labute approximate surface area is 189 Å². The van der Waals surface area contributed by atoms with Crippen molar-refractivity contribution in [2.24, 2.45) is 0 Å². The smallest absolute Gasteiger partial charge is 0.745 e. The molecule has 0 spiro atoms. The van der Waals surface area contributed by atoms with Gasteiger partial charge in [0.1, 0.15) is 10.1 Å². The van der Waals surface area contributed by atoms with Crippen LogP contribution in [0.2, 0.25) is 0 Å². The molecule has 0 heterocycles. The first-order valence-electron chi connectivity index (χ1n) is 10.6. The molecule has 0 aliphatic carbocycles. The van der Waals surface area contributed by atoms with Crippen LogP contribution in [-0.2, 0) is 19.6 Å². The Morgan fingerprint density at radius 3 is 1.48 bits per heavy atom. The largest absolute Gasteiger partial charge is 1.00 e. The van der Waals surface area contributed by atoms with Crippen LogP contribution in [0.15, 0.2) is 0 Å². The van der Waals surface area contributed by atoms with Crippen molar-refractivity contribution in [1.29, 1.82) is 0 Å². The van der Waals surface area contributed by atoms with Crippen LogP contribution < -0.4 is 29.6 Å². The predicted molar refractivity (Wildman–Crippen MR) is 105 cm³/mol. The second kappa shape index (κ2) is 19.7. The topological polar surface area (TPSA) is 83.5 Å². The minimum absolute atomic E-state index is 0. The summed E-state index contributed by atoms with van der Waals surface area (Å²) in [6.45, 7) is 3.81. The molecule has 0 saturated carbocycles.